The molecule has 2 N–H and O–H groups in total. The molecule has 7 heteroatoms. The third-order valence-corrected chi connectivity index (χ3v) is 0.788. The highest BCUT2D eigenvalue weighted by atomic mass is 19.4. The van der Waals surface area contributed by atoms with Crippen LogP contribution in [0.5, 0.6) is 0 Å². The van der Waals surface area contributed by atoms with Crippen molar-refractivity contribution in [2.45, 2.75) is 6.18 Å². The molecule has 0 atom stereocenters. The predicted molar refractivity (Wildman–Crippen MR) is 32.9 cm³/mol. The first kappa shape index (κ1) is 11.0. The summed E-state index contributed by atoms with van der Waals surface area (Å²) in [6, 6.07) is 0. The fraction of sp³-hybridized carbons (Fsp3) is 0.800. The molecule has 0 radical (unpaired) electrons. The second-order valence-corrected chi connectivity index (χ2v) is 1.90. The van der Waals surface area contributed by atoms with Crippen LogP contribution in [0, 0.1) is 0 Å². The Kier molecular flexibility index (Phi) is 4.42. The Morgan fingerprint density at radius 1 is 1.50 bits per heavy atom. The standard InChI is InChI=1S/C5H8F3NO3/c6-5(7,8)3-12-2-1-9-4(10)11/h9H,1-3H2,(H,10,11). The number of hydrogen-bond acceptors (Lipinski definition) is 2. The molecule has 0 aromatic heterocycles. The molecule has 0 aliphatic carbocycles. The van der Waals surface area contributed by atoms with E-state index >= 15 is 0 Å². The molecule has 12 heavy (non-hydrogen) atoms. The second-order valence-electron chi connectivity index (χ2n) is 1.90. The topological polar surface area (TPSA) is 58.6 Å². The fourth-order valence-corrected chi connectivity index (χ4v) is 0.418. The third kappa shape index (κ3) is 9.02. The SMILES string of the molecule is O=C(O)NCCOCC(F)(F)F. The van der Waals surface area contributed by atoms with E-state index in [1.54, 1.807) is 0 Å². The highest BCUT2D eigenvalue weighted by Gasteiger charge is 2.27. The second kappa shape index (κ2) is 4.81. The molecule has 0 heterocycles. The molecular formula is C5H8F3NO3. The van der Waals surface area contributed by atoms with Gasteiger partial charge in [0, 0.05) is 6.54 Å². The van der Waals surface area contributed by atoms with E-state index < -0.39 is 18.9 Å². The van der Waals surface area contributed by atoms with E-state index in [1.807, 2.05) is 5.32 Å². The zero-order valence-corrected chi connectivity index (χ0v) is 6.02. The Morgan fingerprint density at radius 2 is 2.08 bits per heavy atom. The van der Waals surface area contributed by atoms with Crippen LogP contribution in [0.1, 0.15) is 0 Å². The first-order valence-electron chi connectivity index (χ1n) is 3.03. The summed E-state index contributed by atoms with van der Waals surface area (Å²) in [6.07, 6.45) is -5.64. The summed E-state index contributed by atoms with van der Waals surface area (Å²) < 4.78 is 38.2. The number of rotatable bonds is 4. The van der Waals surface area contributed by atoms with Crippen molar-refractivity contribution in [1.29, 1.82) is 0 Å². The van der Waals surface area contributed by atoms with Crippen LogP contribution in [-0.4, -0.2) is 37.1 Å². The monoisotopic (exact) mass is 187 g/mol. The largest absolute Gasteiger partial charge is 0.465 e. The van der Waals surface area contributed by atoms with Crippen LogP contribution >= 0.6 is 0 Å². The van der Waals surface area contributed by atoms with Gasteiger partial charge in [0.25, 0.3) is 0 Å². The minimum atomic E-state index is -4.36. The van der Waals surface area contributed by atoms with Crippen molar-refractivity contribution >= 4 is 6.09 Å². The number of hydrogen-bond donors (Lipinski definition) is 2. The number of carbonyl (C=O) groups is 1. The maximum absolute atomic E-state index is 11.4. The van der Waals surface area contributed by atoms with Crippen molar-refractivity contribution in [3.05, 3.63) is 0 Å². The average Bonchev–Trinajstić information content (AvgIpc) is 1.83. The molecule has 0 spiro atoms. The highest BCUT2D eigenvalue weighted by molar-refractivity contribution is 5.64. The summed E-state index contributed by atoms with van der Waals surface area (Å²) in [6.45, 7) is -1.79. The van der Waals surface area contributed by atoms with E-state index in [9.17, 15) is 18.0 Å². The molecule has 0 aliphatic heterocycles. The lowest BCUT2D eigenvalue weighted by Crippen LogP contribution is -2.27. The number of halogens is 3. The van der Waals surface area contributed by atoms with Gasteiger partial charge in [-0.25, -0.2) is 4.79 Å². The van der Waals surface area contributed by atoms with Gasteiger partial charge in [0.1, 0.15) is 6.61 Å². The number of nitrogens with one attached hydrogen (secondary N) is 1. The first-order valence-corrected chi connectivity index (χ1v) is 3.03. The van der Waals surface area contributed by atoms with Gasteiger partial charge in [-0.05, 0) is 0 Å². The van der Waals surface area contributed by atoms with E-state index in [2.05, 4.69) is 4.74 Å². The molecule has 0 aromatic carbocycles. The molecule has 72 valence electrons. The molecule has 0 aliphatic rings. The molecule has 4 nitrogen and oxygen atoms in total. The quantitative estimate of drug-likeness (QED) is 0.641. The Labute approximate surface area is 66.3 Å². The fourth-order valence-electron chi connectivity index (χ4n) is 0.418. The van der Waals surface area contributed by atoms with Gasteiger partial charge in [0.15, 0.2) is 0 Å². The van der Waals surface area contributed by atoms with Gasteiger partial charge in [0.05, 0.1) is 6.61 Å². The normalized spacial score (nSPS) is 11.2. The van der Waals surface area contributed by atoms with Crippen molar-refractivity contribution in [1.82, 2.24) is 5.32 Å². The van der Waals surface area contributed by atoms with Crippen molar-refractivity contribution in [2.24, 2.45) is 0 Å². The lowest BCUT2D eigenvalue weighted by atomic mass is 10.6. The number of alkyl halides is 3. The zero-order chi connectivity index (χ0) is 9.61. The van der Waals surface area contributed by atoms with Crippen LogP contribution in [0.4, 0.5) is 18.0 Å². The van der Waals surface area contributed by atoms with Gasteiger partial charge in [-0.2, -0.15) is 13.2 Å². The summed E-state index contributed by atoms with van der Waals surface area (Å²) in [4.78, 5) is 9.77. The van der Waals surface area contributed by atoms with Gasteiger partial charge >= 0.3 is 12.3 Å². The summed E-state index contributed by atoms with van der Waals surface area (Å²) in [5.74, 6) is 0. The van der Waals surface area contributed by atoms with E-state index in [0.717, 1.165) is 0 Å². The van der Waals surface area contributed by atoms with Crippen LogP contribution in [0.2, 0.25) is 0 Å². The van der Waals surface area contributed by atoms with Crippen molar-refractivity contribution in [3.63, 3.8) is 0 Å². The van der Waals surface area contributed by atoms with E-state index in [0.29, 0.717) is 0 Å². The van der Waals surface area contributed by atoms with Gasteiger partial charge in [-0.1, -0.05) is 0 Å². The Bertz CT molecular complexity index is 147. The summed E-state index contributed by atoms with van der Waals surface area (Å²) in [5.41, 5.74) is 0. The number of ether oxygens (including phenoxy) is 1. The van der Waals surface area contributed by atoms with Crippen LogP contribution in [0.15, 0.2) is 0 Å². The van der Waals surface area contributed by atoms with Gasteiger partial charge in [-0.3, -0.25) is 0 Å². The van der Waals surface area contributed by atoms with E-state index in [-0.39, 0.29) is 13.2 Å². The highest BCUT2D eigenvalue weighted by Crippen LogP contribution is 2.13. The number of carboxylic acid groups (broad SMARTS) is 1. The maximum Gasteiger partial charge on any atom is 0.411 e. The molecule has 0 saturated carbocycles. The minimum absolute atomic E-state index is 0.147. The molecule has 0 aromatic rings. The third-order valence-electron chi connectivity index (χ3n) is 0.788. The van der Waals surface area contributed by atoms with Crippen LogP contribution in [0.25, 0.3) is 0 Å². The van der Waals surface area contributed by atoms with Crippen LogP contribution < -0.4 is 5.32 Å². The maximum atomic E-state index is 11.4. The predicted octanol–water partition coefficient (Wildman–Crippen LogP) is 0.833. The molecule has 1 amide bonds. The lowest BCUT2D eigenvalue weighted by molar-refractivity contribution is -0.173. The Hall–Kier alpha value is -0.980. The summed E-state index contributed by atoms with van der Waals surface area (Å²) in [7, 11) is 0. The molecule has 0 saturated heterocycles. The average molecular weight is 187 g/mol. The van der Waals surface area contributed by atoms with Crippen LogP contribution in [-0.2, 0) is 4.74 Å². The molecule has 0 unspecified atom stereocenters. The Morgan fingerprint density at radius 3 is 2.50 bits per heavy atom. The van der Waals surface area contributed by atoms with Crippen molar-refractivity contribution in [2.75, 3.05) is 19.8 Å². The molecule has 0 rings (SSSR count). The van der Waals surface area contributed by atoms with Crippen molar-refractivity contribution in [3.8, 4) is 0 Å². The van der Waals surface area contributed by atoms with E-state index in [1.165, 1.54) is 0 Å². The Balaban J connectivity index is 3.17. The molecule has 0 bridgehead atoms. The lowest BCUT2D eigenvalue weighted by Gasteiger charge is -2.06. The zero-order valence-electron chi connectivity index (χ0n) is 6.02. The minimum Gasteiger partial charge on any atom is -0.465 e. The summed E-state index contributed by atoms with van der Waals surface area (Å²) in [5, 5.41) is 9.84. The smallest absolute Gasteiger partial charge is 0.411 e. The van der Waals surface area contributed by atoms with Gasteiger partial charge < -0.3 is 15.2 Å². The first-order chi connectivity index (χ1) is 5.42. The van der Waals surface area contributed by atoms with Crippen molar-refractivity contribution < 1.29 is 27.8 Å². The summed E-state index contributed by atoms with van der Waals surface area (Å²) >= 11 is 0. The molecular weight excluding hydrogens is 179 g/mol. The van der Waals surface area contributed by atoms with Gasteiger partial charge in [0.2, 0.25) is 0 Å². The van der Waals surface area contributed by atoms with E-state index in [4.69, 9.17) is 5.11 Å². The van der Waals surface area contributed by atoms with Gasteiger partial charge in [-0.15, -0.1) is 0 Å². The molecule has 0 fully saturated rings. The van der Waals surface area contributed by atoms with Crippen LogP contribution in [0.3, 0.4) is 0 Å². The number of amides is 1.